The zero-order chi connectivity index (χ0) is 21.8. The van der Waals surface area contributed by atoms with Gasteiger partial charge in [-0.05, 0) is 37.1 Å². The Kier molecular flexibility index (Phi) is 6.11. The number of aromatic amines is 1. The van der Waals surface area contributed by atoms with E-state index in [4.69, 9.17) is 19.2 Å². The predicted molar refractivity (Wildman–Crippen MR) is 120 cm³/mol. The van der Waals surface area contributed by atoms with Crippen LogP contribution in [-0.4, -0.2) is 55.2 Å². The molecule has 4 rings (SSSR count). The molecule has 1 amide bonds. The molecular weight excluding hydrogens is 394 g/mol. The minimum atomic E-state index is -0.0300. The van der Waals surface area contributed by atoms with Gasteiger partial charge in [-0.15, -0.1) is 0 Å². The fourth-order valence-electron chi connectivity index (χ4n) is 4.02. The number of carbonyl (C=O) groups is 1. The zero-order valence-electron chi connectivity index (χ0n) is 18.1. The molecule has 0 saturated carbocycles. The Labute approximate surface area is 181 Å². The molecule has 3 aromatic rings. The average Bonchev–Trinajstić information content (AvgIpc) is 3.26. The van der Waals surface area contributed by atoms with Gasteiger partial charge in [-0.1, -0.05) is 12.1 Å². The van der Waals surface area contributed by atoms with Crippen molar-refractivity contribution in [3.63, 3.8) is 0 Å². The number of para-hydroxylation sites is 2. The molecule has 1 saturated heterocycles. The van der Waals surface area contributed by atoms with Crippen LogP contribution in [0.2, 0.25) is 0 Å². The second kappa shape index (κ2) is 9.12. The van der Waals surface area contributed by atoms with Crippen LogP contribution < -0.4 is 14.2 Å². The fourth-order valence-corrected chi connectivity index (χ4v) is 4.02. The zero-order valence-corrected chi connectivity index (χ0v) is 18.1. The molecule has 0 aliphatic carbocycles. The molecule has 0 spiro atoms. The Hall–Kier alpha value is -3.48. The summed E-state index contributed by atoms with van der Waals surface area (Å²) in [5.74, 6) is 2.89. The van der Waals surface area contributed by atoms with Gasteiger partial charge >= 0.3 is 0 Å². The van der Waals surface area contributed by atoms with Crippen molar-refractivity contribution in [2.75, 3.05) is 34.4 Å². The largest absolute Gasteiger partial charge is 0.496 e. The summed E-state index contributed by atoms with van der Waals surface area (Å²) in [4.78, 5) is 22.9. The smallest absolute Gasteiger partial charge is 0.246 e. The van der Waals surface area contributed by atoms with E-state index in [2.05, 4.69) is 4.98 Å². The summed E-state index contributed by atoms with van der Waals surface area (Å²) in [6, 6.07) is 11.6. The van der Waals surface area contributed by atoms with Gasteiger partial charge in [0.1, 0.15) is 11.6 Å². The van der Waals surface area contributed by atoms with E-state index < -0.39 is 0 Å². The van der Waals surface area contributed by atoms with Crippen molar-refractivity contribution in [3.8, 4) is 17.2 Å². The molecular formula is C24H27N3O4. The Bertz CT molecular complexity index is 1070. The Morgan fingerprint density at radius 3 is 2.58 bits per heavy atom. The van der Waals surface area contributed by atoms with E-state index in [1.54, 1.807) is 45.6 Å². The minimum Gasteiger partial charge on any atom is -0.496 e. The number of fused-ring (bicyclic) bond motifs is 1. The normalized spacial score (nSPS) is 16.6. The first-order valence-corrected chi connectivity index (χ1v) is 10.3. The van der Waals surface area contributed by atoms with E-state index in [-0.39, 0.29) is 11.8 Å². The number of likely N-dealkylation sites (tertiary alicyclic amines) is 1. The van der Waals surface area contributed by atoms with Gasteiger partial charge in [-0.25, -0.2) is 4.98 Å². The molecule has 1 unspecified atom stereocenters. The summed E-state index contributed by atoms with van der Waals surface area (Å²) in [6.45, 7) is 1.38. The lowest BCUT2D eigenvalue weighted by Crippen LogP contribution is -2.38. The van der Waals surface area contributed by atoms with Crippen molar-refractivity contribution >= 4 is 23.0 Å². The van der Waals surface area contributed by atoms with Crippen LogP contribution in [-0.2, 0) is 4.79 Å². The highest BCUT2D eigenvalue weighted by Gasteiger charge is 2.26. The number of hydrogen-bond donors (Lipinski definition) is 1. The number of imidazole rings is 1. The van der Waals surface area contributed by atoms with Crippen LogP contribution in [0.3, 0.4) is 0 Å². The summed E-state index contributed by atoms with van der Waals surface area (Å²) in [5.41, 5.74) is 2.74. The van der Waals surface area contributed by atoms with E-state index >= 15 is 0 Å². The first kappa shape index (κ1) is 20.8. The number of carbonyl (C=O) groups excluding carboxylic acids is 1. The first-order valence-electron chi connectivity index (χ1n) is 10.3. The molecule has 162 valence electrons. The van der Waals surface area contributed by atoms with Crippen LogP contribution in [0.5, 0.6) is 17.2 Å². The van der Waals surface area contributed by atoms with E-state index in [0.29, 0.717) is 23.8 Å². The molecule has 1 aliphatic heterocycles. The number of hydrogen-bond acceptors (Lipinski definition) is 5. The number of ether oxygens (including phenoxy) is 3. The monoisotopic (exact) mass is 421 g/mol. The van der Waals surface area contributed by atoms with Gasteiger partial charge in [0.05, 0.1) is 32.4 Å². The number of benzene rings is 2. The number of aromatic nitrogens is 2. The van der Waals surface area contributed by atoms with Gasteiger partial charge in [-0.2, -0.15) is 0 Å². The van der Waals surface area contributed by atoms with Gasteiger partial charge in [0, 0.05) is 36.7 Å². The number of methoxy groups -OCH3 is 3. The highest BCUT2D eigenvalue weighted by Crippen LogP contribution is 2.35. The van der Waals surface area contributed by atoms with E-state index in [9.17, 15) is 4.79 Å². The second-order valence-electron chi connectivity index (χ2n) is 7.55. The number of amides is 1. The molecule has 2 heterocycles. The van der Waals surface area contributed by atoms with Gasteiger partial charge in [-0.3, -0.25) is 4.79 Å². The maximum Gasteiger partial charge on any atom is 0.246 e. The standard InChI is InChI=1S/C24H27N3O4/c1-29-20-14-22(31-3)21(30-2)13-16(20)10-11-23(28)27-12-6-7-17(15-27)24-25-18-8-4-5-9-19(18)26-24/h4-5,8-11,13-14,17H,6-7,12,15H2,1-3H3,(H,25,26)/b11-10+. The van der Waals surface area contributed by atoms with Gasteiger partial charge in [0.15, 0.2) is 11.5 Å². The van der Waals surface area contributed by atoms with Crippen LogP contribution in [0.4, 0.5) is 0 Å². The summed E-state index contributed by atoms with van der Waals surface area (Å²) in [5, 5.41) is 0. The highest BCUT2D eigenvalue weighted by atomic mass is 16.5. The van der Waals surface area contributed by atoms with Gasteiger partial charge in [0.2, 0.25) is 5.91 Å². The summed E-state index contributed by atoms with van der Waals surface area (Å²) >= 11 is 0. The van der Waals surface area contributed by atoms with Crippen LogP contribution in [0.1, 0.15) is 30.1 Å². The quantitative estimate of drug-likeness (QED) is 0.609. The average molecular weight is 421 g/mol. The highest BCUT2D eigenvalue weighted by molar-refractivity contribution is 5.92. The van der Waals surface area contributed by atoms with E-state index in [0.717, 1.165) is 41.8 Å². The fraction of sp³-hybridized carbons (Fsp3) is 0.333. The van der Waals surface area contributed by atoms with Crippen LogP contribution in [0, 0.1) is 0 Å². The molecule has 1 atom stereocenters. The molecule has 7 heteroatoms. The lowest BCUT2D eigenvalue weighted by atomic mass is 9.97. The maximum atomic E-state index is 12.9. The van der Waals surface area contributed by atoms with Crippen molar-refractivity contribution in [2.45, 2.75) is 18.8 Å². The van der Waals surface area contributed by atoms with Crippen molar-refractivity contribution in [2.24, 2.45) is 0 Å². The number of rotatable bonds is 6. The molecule has 31 heavy (non-hydrogen) atoms. The van der Waals surface area contributed by atoms with E-state index in [1.165, 1.54) is 0 Å². The van der Waals surface area contributed by atoms with Crippen molar-refractivity contribution in [1.82, 2.24) is 14.9 Å². The predicted octanol–water partition coefficient (Wildman–Crippen LogP) is 4.01. The van der Waals surface area contributed by atoms with Crippen molar-refractivity contribution < 1.29 is 19.0 Å². The number of nitrogens with zero attached hydrogens (tertiary/aromatic N) is 2. The summed E-state index contributed by atoms with van der Waals surface area (Å²) in [7, 11) is 4.74. The third-order valence-corrected chi connectivity index (χ3v) is 5.67. The molecule has 1 fully saturated rings. The van der Waals surface area contributed by atoms with E-state index in [1.807, 2.05) is 29.2 Å². The molecule has 0 radical (unpaired) electrons. The van der Waals surface area contributed by atoms with Gasteiger partial charge < -0.3 is 24.1 Å². The molecule has 1 aromatic heterocycles. The van der Waals surface area contributed by atoms with Crippen molar-refractivity contribution in [3.05, 3.63) is 53.9 Å². The van der Waals surface area contributed by atoms with Crippen molar-refractivity contribution in [1.29, 1.82) is 0 Å². The molecule has 2 aromatic carbocycles. The third kappa shape index (κ3) is 4.35. The van der Waals surface area contributed by atoms with Crippen LogP contribution in [0.15, 0.2) is 42.5 Å². The first-order chi connectivity index (χ1) is 15.1. The Balaban J connectivity index is 1.50. The number of piperidine rings is 1. The lowest BCUT2D eigenvalue weighted by Gasteiger charge is -2.31. The van der Waals surface area contributed by atoms with Crippen LogP contribution in [0.25, 0.3) is 17.1 Å². The maximum absolute atomic E-state index is 12.9. The Morgan fingerprint density at radius 2 is 1.84 bits per heavy atom. The number of nitrogens with one attached hydrogen (secondary N) is 1. The molecule has 0 bridgehead atoms. The topological polar surface area (TPSA) is 76.7 Å². The molecule has 1 N–H and O–H groups in total. The third-order valence-electron chi connectivity index (χ3n) is 5.67. The number of H-pyrrole nitrogens is 1. The van der Waals surface area contributed by atoms with Gasteiger partial charge in [0.25, 0.3) is 0 Å². The lowest BCUT2D eigenvalue weighted by molar-refractivity contribution is -0.127. The second-order valence-corrected chi connectivity index (χ2v) is 7.55. The summed E-state index contributed by atoms with van der Waals surface area (Å²) in [6.07, 6.45) is 5.30. The molecule has 7 nitrogen and oxygen atoms in total. The van der Waals surface area contributed by atoms with Crippen LogP contribution >= 0.6 is 0 Å². The molecule has 1 aliphatic rings. The Morgan fingerprint density at radius 1 is 1.10 bits per heavy atom. The summed E-state index contributed by atoms with van der Waals surface area (Å²) < 4.78 is 16.1. The minimum absolute atomic E-state index is 0.0300. The SMILES string of the molecule is COc1cc(OC)c(OC)cc1/C=C/C(=O)N1CCCC(c2nc3ccccc3[nH]2)C1.